The molecule has 0 fully saturated rings. The molecule has 1 aliphatic carbocycles. The Labute approximate surface area is 122 Å². The van der Waals surface area contributed by atoms with E-state index in [0.717, 1.165) is 37.1 Å². The molecule has 0 aromatic carbocycles. The highest BCUT2D eigenvalue weighted by atomic mass is 16.5. The molecule has 0 aliphatic heterocycles. The van der Waals surface area contributed by atoms with Crippen LogP contribution < -0.4 is 0 Å². The highest BCUT2D eigenvalue weighted by Crippen LogP contribution is 2.25. The van der Waals surface area contributed by atoms with E-state index < -0.39 is 5.97 Å². The van der Waals surface area contributed by atoms with Crippen molar-refractivity contribution in [1.29, 1.82) is 5.26 Å². The number of hydrogen-bond acceptors (Lipinski definition) is 5. The fourth-order valence-corrected chi connectivity index (χ4v) is 2.80. The minimum Gasteiger partial charge on any atom is -0.462 e. The van der Waals surface area contributed by atoms with E-state index in [2.05, 4.69) is 16.2 Å². The largest absolute Gasteiger partial charge is 0.462 e. The van der Waals surface area contributed by atoms with Crippen LogP contribution in [0.2, 0.25) is 0 Å². The van der Waals surface area contributed by atoms with Crippen LogP contribution in [-0.4, -0.2) is 27.2 Å². The molecule has 0 saturated heterocycles. The standard InChI is InChI=1S/C15H16N4O2/c1-3-21-15(20)13-9(2)19-14(10(13)8-16)17-11-6-4-5-7-12(11)18-19/h3-7H2,1-2H3. The fourth-order valence-electron chi connectivity index (χ4n) is 2.80. The molecule has 2 heterocycles. The summed E-state index contributed by atoms with van der Waals surface area (Å²) < 4.78 is 6.65. The van der Waals surface area contributed by atoms with E-state index in [-0.39, 0.29) is 17.7 Å². The van der Waals surface area contributed by atoms with Gasteiger partial charge in [0.2, 0.25) is 0 Å². The number of hydrogen-bond donors (Lipinski definition) is 0. The van der Waals surface area contributed by atoms with Crippen molar-refractivity contribution in [3.8, 4) is 6.07 Å². The maximum absolute atomic E-state index is 12.1. The molecule has 0 amide bonds. The molecule has 2 aromatic rings. The second kappa shape index (κ2) is 5.17. The van der Waals surface area contributed by atoms with Gasteiger partial charge in [-0.2, -0.15) is 10.4 Å². The maximum atomic E-state index is 12.1. The Hall–Kier alpha value is -2.42. The average Bonchev–Trinajstić information content (AvgIpc) is 2.77. The number of carbonyl (C=O) groups excluding carboxylic acids is 1. The van der Waals surface area contributed by atoms with Crippen LogP contribution in [0.5, 0.6) is 0 Å². The zero-order chi connectivity index (χ0) is 15.0. The van der Waals surface area contributed by atoms with E-state index in [4.69, 9.17) is 4.74 Å². The highest BCUT2D eigenvalue weighted by molar-refractivity contribution is 5.96. The molecule has 0 saturated carbocycles. The van der Waals surface area contributed by atoms with E-state index in [9.17, 15) is 10.1 Å². The topological polar surface area (TPSA) is 80.3 Å². The van der Waals surface area contributed by atoms with Gasteiger partial charge < -0.3 is 4.74 Å². The van der Waals surface area contributed by atoms with Gasteiger partial charge in [-0.3, -0.25) is 0 Å². The molecule has 21 heavy (non-hydrogen) atoms. The smallest absolute Gasteiger partial charge is 0.341 e. The summed E-state index contributed by atoms with van der Waals surface area (Å²) in [5.74, 6) is -0.489. The SMILES string of the molecule is CCOC(=O)c1c(C#N)c2nc3c(nn2c1C)CCCC3. The summed E-state index contributed by atoms with van der Waals surface area (Å²) in [7, 11) is 0. The Kier molecular flexibility index (Phi) is 3.34. The summed E-state index contributed by atoms with van der Waals surface area (Å²) in [5, 5.41) is 14.0. The molecule has 0 atom stereocenters. The summed E-state index contributed by atoms with van der Waals surface area (Å²) in [6.07, 6.45) is 3.96. The van der Waals surface area contributed by atoms with Crippen molar-refractivity contribution >= 4 is 11.6 Å². The van der Waals surface area contributed by atoms with Gasteiger partial charge >= 0.3 is 5.97 Å². The predicted octanol–water partition coefficient (Wildman–Crippen LogP) is 1.96. The van der Waals surface area contributed by atoms with Crippen LogP contribution in [-0.2, 0) is 17.6 Å². The first-order valence-electron chi connectivity index (χ1n) is 7.15. The second-order valence-corrected chi connectivity index (χ2v) is 5.12. The number of rotatable bonds is 2. The summed E-state index contributed by atoms with van der Waals surface area (Å²) in [6.45, 7) is 3.78. The molecule has 108 valence electrons. The number of fused-ring (bicyclic) bond motifs is 2. The average molecular weight is 284 g/mol. The van der Waals surface area contributed by atoms with Gasteiger partial charge in [0.25, 0.3) is 0 Å². The fraction of sp³-hybridized carbons (Fsp3) is 0.467. The molecule has 0 N–H and O–H groups in total. The van der Waals surface area contributed by atoms with Gasteiger partial charge in [0.1, 0.15) is 17.2 Å². The molecule has 2 aromatic heterocycles. The van der Waals surface area contributed by atoms with Gasteiger partial charge in [0.15, 0.2) is 5.65 Å². The third kappa shape index (κ3) is 2.05. The Balaban J connectivity index is 2.27. The second-order valence-electron chi connectivity index (χ2n) is 5.12. The maximum Gasteiger partial charge on any atom is 0.341 e. The summed E-state index contributed by atoms with van der Waals surface area (Å²) in [6, 6.07) is 2.08. The Bertz CT molecular complexity index is 770. The summed E-state index contributed by atoms with van der Waals surface area (Å²) in [4.78, 5) is 16.7. The number of aryl methyl sites for hydroxylation is 3. The molecule has 1 aliphatic rings. The molecular formula is C15H16N4O2. The molecule has 0 spiro atoms. The van der Waals surface area contributed by atoms with E-state index in [1.54, 1.807) is 18.4 Å². The quantitative estimate of drug-likeness (QED) is 0.787. The number of ether oxygens (including phenoxy) is 1. The molecular weight excluding hydrogens is 268 g/mol. The van der Waals surface area contributed by atoms with Crippen LogP contribution in [0.3, 0.4) is 0 Å². The van der Waals surface area contributed by atoms with Gasteiger partial charge in [-0.15, -0.1) is 0 Å². The van der Waals surface area contributed by atoms with E-state index in [1.165, 1.54) is 0 Å². The lowest BCUT2D eigenvalue weighted by Crippen LogP contribution is -2.12. The number of nitriles is 1. The zero-order valence-corrected chi connectivity index (χ0v) is 12.1. The van der Waals surface area contributed by atoms with Crippen molar-refractivity contribution < 1.29 is 9.53 Å². The first kappa shape index (κ1) is 13.6. The van der Waals surface area contributed by atoms with E-state index >= 15 is 0 Å². The predicted molar refractivity (Wildman–Crippen MR) is 75.0 cm³/mol. The minimum absolute atomic E-state index is 0.256. The van der Waals surface area contributed by atoms with Gasteiger partial charge in [-0.25, -0.2) is 14.3 Å². The summed E-state index contributed by atoms with van der Waals surface area (Å²) >= 11 is 0. The van der Waals surface area contributed by atoms with Crippen LogP contribution in [0.25, 0.3) is 5.65 Å². The van der Waals surface area contributed by atoms with Gasteiger partial charge in [0, 0.05) is 0 Å². The minimum atomic E-state index is -0.489. The van der Waals surface area contributed by atoms with Crippen molar-refractivity contribution in [2.24, 2.45) is 0 Å². The Morgan fingerprint density at radius 2 is 2.10 bits per heavy atom. The molecule has 6 heteroatoms. The van der Waals surface area contributed by atoms with Crippen molar-refractivity contribution in [2.45, 2.75) is 39.5 Å². The van der Waals surface area contributed by atoms with Crippen LogP contribution in [0.4, 0.5) is 0 Å². The third-order valence-corrected chi connectivity index (χ3v) is 3.82. The van der Waals surface area contributed by atoms with Crippen molar-refractivity contribution in [3.63, 3.8) is 0 Å². The monoisotopic (exact) mass is 284 g/mol. The lowest BCUT2D eigenvalue weighted by molar-refractivity contribution is 0.0525. The van der Waals surface area contributed by atoms with Crippen LogP contribution in [0, 0.1) is 18.3 Å². The first-order chi connectivity index (χ1) is 10.2. The number of aromatic nitrogens is 3. The number of nitrogens with zero attached hydrogens (tertiary/aromatic N) is 4. The number of esters is 1. The molecule has 0 radical (unpaired) electrons. The first-order valence-corrected chi connectivity index (χ1v) is 7.15. The van der Waals surface area contributed by atoms with Crippen LogP contribution in [0.15, 0.2) is 0 Å². The summed E-state index contributed by atoms with van der Waals surface area (Å²) in [5.41, 5.74) is 3.51. The van der Waals surface area contributed by atoms with Crippen molar-refractivity contribution in [1.82, 2.24) is 14.6 Å². The Morgan fingerprint density at radius 3 is 2.76 bits per heavy atom. The lowest BCUT2D eigenvalue weighted by Gasteiger charge is -2.13. The normalized spacial score (nSPS) is 13.8. The third-order valence-electron chi connectivity index (χ3n) is 3.82. The van der Waals surface area contributed by atoms with Gasteiger partial charge in [-0.1, -0.05) is 0 Å². The lowest BCUT2D eigenvalue weighted by atomic mass is 10.0. The molecule has 0 bridgehead atoms. The zero-order valence-electron chi connectivity index (χ0n) is 12.1. The van der Waals surface area contributed by atoms with Gasteiger partial charge in [-0.05, 0) is 39.5 Å². The van der Waals surface area contributed by atoms with Gasteiger partial charge in [0.05, 0.1) is 23.7 Å². The molecule has 3 rings (SSSR count). The number of carbonyl (C=O) groups is 1. The van der Waals surface area contributed by atoms with Crippen LogP contribution >= 0.6 is 0 Å². The highest BCUT2D eigenvalue weighted by Gasteiger charge is 2.26. The van der Waals surface area contributed by atoms with Crippen molar-refractivity contribution in [2.75, 3.05) is 6.61 Å². The Morgan fingerprint density at radius 1 is 1.38 bits per heavy atom. The molecule has 6 nitrogen and oxygen atoms in total. The van der Waals surface area contributed by atoms with E-state index in [0.29, 0.717) is 11.3 Å². The van der Waals surface area contributed by atoms with Crippen molar-refractivity contribution in [3.05, 3.63) is 28.2 Å². The van der Waals surface area contributed by atoms with E-state index in [1.807, 2.05) is 0 Å². The van der Waals surface area contributed by atoms with Crippen LogP contribution in [0.1, 0.15) is 52.8 Å². The molecule has 0 unspecified atom stereocenters.